The van der Waals surface area contributed by atoms with E-state index in [0.717, 1.165) is 4.47 Å². The van der Waals surface area contributed by atoms with Crippen LogP contribution in [0.4, 0.5) is 5.69 Å². The van der Waals surface area contributed by atoms with E-state index in [2.05, 4.69) is 45.8 Å². The number of nitrogens with one attached hydrogen (secondary N) is 2. The Morgan fingerprint density at radius 2 is 2.27 bits per heavy atom. The molecule has 11 heavy (non-hydrogen) atoms. The number of fused-ring (bicyclic) bond motifs is 1. The molecule has 0 bridgehead atoms. The Morgan fingerprint density at radius 1 is 1.45 bits per heavy atom. The zero-order valence-electron chi connectivity index (χ0n) is 6.19. The Morgan fingerprint density at radius 3 is 3.09 bits per heavy atom. The smallest absolute Gasteiger partial charge is 0.0537 e. The van der Waals surface area contributed by atoms with Crippen molar-refractivity contribution in [1.29, 1.82) is 0 Å². The predicted octanol–water partition coefficient (Wildman–Crippen LogP) is 2.44. The summed E-state index contributed by atoms with van der Waals surface area (Å²) in [5, 5.41) is 0. The lowest BCUT2D eigenvalue weighted by Gasteiger charge is -2.00. The van der Waals surface area contributed by atoms with E-state index in [9.17, 15) is 0 Å². The first kappa shape index (κ1) is 7.13. The van der Waals surface area contributed by atoms with Crippen LogP contribution in [-0.4, -0.2) is 0 Å². The summed E-state index contributed by atoms with van der Waals surface area (Å²) in [6.45, 7) is 2.13. The molecule has 1 unspecified atom stereocenters. The van der Waals surface area contributed by atoms with E-state index in [1.54, 1.807) is 0 Å². The molecular formula is C8H9BrN2. The minimum atomic E-state index is 0.405. The van der Waals surface area contributed by atoms with Crippen LogP contribution in [-0.2, 0) is 0 Å². The molecular weight excluding hydrogens is 204 g/mol. The lowest BCUT2D eigenvalue weighted by molar-refractivity contribution is 0.687. The molecule has 1 aliphatic rings. The third-order valence-electron chi connectivity index (χ3n) is 1.90. The molecule has 0 radical (unpaired) electrons. The van der Waals surface area contributed by atoms with Gasteiger partial charge in [0.2, 0.25) is 0 Å². The highest BCUT2D eigenvalue weighted by Crippen LogP contribution is 2.29. The van der Waals surface area contributed by atoms with Gasteiger partial charge in [-0.05, 0) is 30.7 Å². The van der Waals surface area contributed by atoms with Gasteiger partial charge in [0, 0.05) is 4.47 Å². The number of halogens is 1. The standard InChI is InChI=1S/C8H9BrN2/c1-5-7-4-6(9)2-3-8(7)11-10-5/h2-5,10-11H,1H3. The molecule has 0 amide bonds. The highest BCUT2D eigenvalue weighted by Gasteiger charge is 2.16. The summed E-state index contributed by atoms with van der Waals surface area (Å²) < 4.78 is 1.13. The van der Waals surface area contributed by atoms with Gasteiger partial charge in [0.05, 0.1) is 11.7 Å². The quantitative estimate of drug-likeness (QED) is 0.691. The van der Waals surface area contributed by atoms with Crippen LogP contribution in [0.1, 0.15) is 18.5 Å². The molecule has 1 aliphatic heterocycles. The number of rotatable bonds is 0. The molecule has 2 rings (SSSR count). The molecule has 1 heterocycles. The zero-order valence-corrected chi connectivity index (χ0v) is 7.77. The normalized spacial score (nSPS) is 21.1. The van der Waals surface area contributed by atoms with E-state index in [-0.39, 0.29) is 0 Å². The van der Waals surface area contributed by atoms with Crippen molar-refractivity contribution in [3.05, 3.63) is 28.2 Å². The number of hydrazine groups is 1. The molecule has 1 aromatic carbocycles. The largest absolute Gasteiger partial charge is 0.321 e. The van der Waals surface area contributed by atoms with Crippen molar-refractivity contribution in [3.63, 3.8) is 0 Å². The summed E-state index contributed by atoms with van der Waals surface area (Å²) in [6, 6.07) is 6.64. The van der Waals surface area contributed by atoms with E-state index in [1.807, 2.05) is 6.07 Å². The summed E-state index contributed by atoms with van der Waals surface area (Å²) >= 11 is 3.44. The summed E-state index contributed by atoms with van der Waals surface area (Å²) in [6.07, 6.45) is 0. The Labute approximate surface area is 74.1 Å². The fourth-order valence-corrected chi connectivity index (χ4v) is 1.65. The summed E-state index contributed by atoms with van der Waals surface area (Å²) in [7, 11) is 0. The topological polar surface area (TPSA) is 24.1 Å². The van der Waals surface area contributed by atoms with E-state index in [1.165, 1.54) is 11.3 Å². The van der Waals surface area contributed by atoms with Crippen molar-refractivity contribution >= 4 is 21.6 Å². The van der Waals surface area contributed by atoms with Gasteiger partial charge in [0.1, 0.15) is 0 Å². The second kappa shape index (κ2) is 2.50. The molecule has 0 aliphatic carbocycles. The lowest BCUT2D eigenvalue weighted by Crippen LogP contribution is -2.15. The SMILES string of the molecule is CC1NNc2ccc(Br)cc21. The third-order valence-corrected chi connectivity index (χ3v) is 2.40. The molecule has 1 aromatic rings. The van der Waals surface area contributed by atoms with Gasteiger partial charge < -0.3 is 5.43 Å². The molecule has 3 heteroatoms. The third kappa shape index (κ3) is 1.14. The fraction of sp³-hybridized carbons (Fsp3) is 0.250. The molecule has 0 spiro atoms. The van der Waals surface area contributed by atoms with Crippen LogP contribution in [0, 0.1) is 0 Å². The van der Waals surface area contributed by atoms with Crippen molar-refractivity contribution in [2.24, 2.45) is 0 Å². The summed E-state index contributed by atoms with van der Waals surface area (Å²) in [4.78, 5) is 0. The van der Waals surface area contributed by atoms with Crippen molar-refractivity contribution in [3.8, 4) is 0 Å². The van der Waals surface area contributed by atoms with Crippen LogP contribution in [0.15, 0.2) is 22.7 Å². The number of anilines is 1. The fourth-order valence-electron chi connectivity index (χ4n) is 1.27. The van der Waals surface area contributed by atoms with Gasteiger partial charge in [-0.25, -0.2) is 5.43 Å². The average molecular weight is 213 g/mol. The number of hydrogen-bond acceptors (Lipinski definition) is 2. The van der Waals surface area contributed by atoms with Gasteiger partial charge in [-0.1, -0.05) is 15.9 Å². The molecule has 0 saturated carbocycles. The van der Waals surface area contributed by atoms with Crippen LogP contribution < -0.4 is 10.9 Å². The van der Waals surface area contributed by atoms with Gasteiger partial charge in [0.15, 0.2) is 0 Å². The van der Waals surface area contributed by atoms with E-state index in [4.69, 9.17) is 0 Å². The zero-order chi connectivity index (χ0) is 7.84. The van der Waals surface area contributed by atoms with Crippen molar-refractivity contribution in [2.45, 2.75) is 13.0 Å². The lowest BCUT2D eigenvalue weighted by atomic mass is 10.1. The summed E-state index contributed by atoms with van der Waals surface area (Å²) in [5.41, 5.74) is 8.75. The second-order valence-corrected chi connectivity index (χ2v) is 3.64. The molecule has 0 fully saturated rings. The van der Waals surface area contributed by atoms with Crippen LogP contribution in [0.5, 0.6) is 0 Å². The van der Waals surface area contributed by atoms with Gasteiger partial charge in [-0.3, -0.25) is 0 Å². The monoisotopic (exact) mass is 212 g/mol. The van der Waals surface area contributed by atoms with Crippen LogP contribution >= 0.6 is 15.9 Å². The Bertz CT molecular complexity index is 285. The van der Waals surface area contributed by atoms with Gasteiger partial charge in [0.25, 0.3) is 0 Å². The molecule has 1 atom stereocenters. The second-order valence-electron chi connectivity index (χ2n) is 2.72. The Hall–Kier alpha value is -0.540. The highest BCUT2D eigenvalue weighted by atomic mass is 79.9. The van der Waals surface area contributed by atoms with E-state index < -0.39 is 0 Å². The molecule has 0 saturated heterocycles. The first-order valence-corrected chi connectivity index (χ1v) is 4.37. The van der Waals surface area contributed by atoms with E-state index >= 15 is 0 Å². The maximum absolute atomic E-state index is 3.44. The predicted molar refractivity (Wildman–Crippen MR) is 49.3 cm³/mol. The van der Waals surface area contributed by atoms with Gasteiger partial charge in [-0.15, -0.1) is 0 Å². The molecule has 2 nitrogen and oxygen atoms in total. The van der Waals surface area contributed by atoms with Gasteiger partial charge >= 0.3 is 0 Å². The van der Waals surface area contributed by atoms with Crippen LogP contribution in [0.25, 0.3) is 0 Å². The van der Waals surface area contributed by atoms with Gasteiger partial charge in [-0.2, -0.15) is 0 Å². The minimum absolute atomic E-state index is 0.405. The Balaban J connectivity index is 2.52. The summed E-state index contributed by atoms with van der Waals surface area (Å²) in [5.74, 6) is 0. The number of hydrogen-bond donors (Lipinski definition) is 2. The first-order chi connectivity index (χ1) is 5.27. The minimum Gasteiger partial charge on any atom is -0.321 e. The van der Waals surface area contributed by atoms with Crippen molar-refractivity contribution in [1.82, 2.24) is 5.43 Å². The molecule has 2 N–H and O–H groups in total. The van der Waals surface area contributed by atoms with Crippen LogP contribution in [0.2, 0.25) is 0 Å². The average Bonchev–Trinajstić information content (AvgIpc) is 2.33. The van der Waals surface area contributed by atoms with Crippen molar-refractivity contribution in [2.75, 3.05) is 5.43 Å². The molecule has 58 valence electrons. The van der Waals surface area contributed by atoms with Crippen LogP contribution in [0.3, 0.4) is 0 Å². The van der Waals surface area contributed by atoms with Crippen molar-refractivity contribution < 1.29 is 0 Å². The molecule has 0 aromatic heterocycles. The maximum atomic E-state index is 3.44. The highest BCUT2D eigenvalue weighted by molar-refractivity contribution is 9.10. The number of benzene rings is 1. The first-order valence-electron chi connectivity index (χ1n) is 3.58. The maximum Gasteiger partial charge on any atom is 0.0537 e. The van der Waals surface area contributed by atoms with E-state index in [0.29, 0.717) is 6.04 Å². The Kier molecular flexibility index (Phi) is 1.62.